The molecule has 0 aromatic heterocycles. The Bertz CT molecular complexity index is 306. The first-order valence-electron chi connectivity index (χ1n) is 5.82. The maximum Gasteiger partial charge on any atom is 0.118 e. The molecule has 1 saturated heterocycles. The van der Waals surface area contributed by atoms with E-state index in [0.717, 1.165) is 12.3 Å². The zero-order valence-electron chi connectivity index (χ0n) is 9.74. The van der Waals surface area contributed by atoms with Gasteiger partial charge in [0.15, 0.2) is 0 Å². The quantitative estimate of drug-likeness (QED) is 0.870. The van der Waals surface area contributed by atoms with Crippen molar-refractivity contribution in [2.75, 3.05) is 18.6 Å². The van der Waals surface area contributed by atoms with Crippen LogP contribution in [-0.2, 0) is 6.54 Å². The molecule has 1 heterocycles. The van der Waals surface area contributed by atoms with Crippen molar-refractivity contribution in [3.63, 3.8) is 0 Å². The highest BCUT2D eigenvalue weighted by molar-refractivity contribution is 7.99. The lowest BCUT2D eigenvalue weighted by atomic mass is 10.1. The summed E-state index contributed by atoms with van der Waals surface area (Å²) in [7, 11) is 1.70. The number of benzene rings is 1. The first-order chi connectivity index (χ1) is 7.88. The molecule has 1 unspecified atom stereocenters. The van der Waals surface area contributed by atoms with Crippen LogP contribution in [0.15, 0.2) is 24.3 Å². The van der Waals surface area contributed by atoms with Crippen LogP contribution in [0, 0.1) is 0 Å². The summed E-state index contributed by atoms with van der Waals surface area (Å²) in [6.07, 6.45) is 2.67. The van der Waals surface area contributed by atoms with E-state index >= 15 is 0 Å². The number of methoxy groups -OCH3 is 1. The molecule has 1 atom stereocenters. The lowest BCUT2D eigenvalue weighted by molar-refractivity contribution is 0.414. The maximum atomic E-state index is 5.14. The number of nitrogens with one attached hydrogen (secondary N) is 1. The predicted octanol–water partition coefficient (Wildman–Crippen LogP) is 2.68. The molecule has 3 heteroatoms. The number of hydrogen-bond donors (Lipinski definition) is 1. The average molecular weight is 237 g/mol. The van der Waals surface area contributed by atoms with E-state index in [0.29, 0.717) is 6.04 Å². The smallest absolute Gasteiger partial charge is 0.118 e. The molecule has 1 N–H and O–H groups in total. The lowest BCUT2D eigenvalue weighted by Gasteiger charge is -2.22. The Kier molecular flexibility index (Phi) is 4.55. The molecule has 1 aliphatic rings. The third-order valence-electron chi connectivity index (χ3n) is 2.91. The first kappa shape index (κ1) is 11.8. The molecule has 1 fully saturated rings. The molecular formula is C13H19NOS. The first-order valence-corrected chi connectivity index (χ1v) is 6.98. The van der Waals surface area contributed by atoms with E-state index < -0.39 is 0 Å². The third-order valence-corrected chi connectivity index (χ3v) is 4.13. The Morgan fingerprint density at radius 2 is 2.19 bits per heavy atom. The maximum absolute atomic E-state index is 5.14. The minimum absolute atomic E-state index is 0.695. The van der Waals surface area contributed by atoms with Gasteiger partial charge in [-0.3, -0.25) is 0 Å². The van der Waals surface area contributed by atoms with E-state index in [1.54, 1.807) is 7.11 Å². The highest BCUT2D eigenvalue weighted by Gasteiger charge is 2.12. The largest absolute Gasteiger partial charge is 0.497 e. The van der Waals surface area contributed by atoms with Gasteiger partial charge in [-0.25, -0.2) is 0 Å². The summed E-state index contributed by atoms with van der Waals surface area (Å²) < 4.78 is 5.14. The molecule has 16 heavy (non-hydrogen) atoms. The second-order valence-corrected chi connectivity index (χ2v) is 5.29. The Balaban J connectivity index is 1.79. The average Bonchev–Trinajstić information content (AvgIpc) is 2.38. The van der Waals surface area contributed by atoms with Crippen LogP contribution < -0.4 is 10.1 Å². The molecule has 0 saturated carbocycles. The second-order valence-electron chi connectivity index (χ2n) is 4.14. The van der Waals surface area contributed by atoms with Gasteiger partial charge in [0.05, 0.1) is 7.11 Å². The SMILES string of the molecule is COc1ccc(CNC2CCCSC2)cc1. The van der Waals surface area contributed by atoms with Gasteiger partial charge in [0.2, 0.25) is 0 Å². The van der Waals surface area contributed by atoms with Gasteiger partial charge in [0.1, 0.15) is 5.75 Å². The van der Waals surface area contributed by atoms with Crippen LogP contribution in [0.25, 0.3) is 0 Å². The molecule has 0 amide bonds. The van der Waals surface area contributed by atoms with Crippen molar-refractivity contribution >= 4 is 11.8 Å². The summed E-state index contributed by atoms with van der Waals surface area (Å²) in [5, 5.41) is 3.61. The molecule has 1 aliphatic heterocycles. The van der Waals surface area contributed by atoms with Gasteiger partial charge < -0.3 is 10.1 Å². The van der Waals surface area contributed by atoms with Gasteiger partial charge in [0, 0.05) is 18.3 Å². The van der Waals surface area contributed by atoms with E-state index in [4.69, 9.17) is 4.74 Å². The Morgan fingerprint density at radius 1 is 1.38 bits per heavy atom. The van der Waals surface area contributed by atoms with E-state index in [1.807, 2.05) is 12.1 Å². The van der Waals surface area contributed by atoms with Gasteiger partial charge in [-0.05, 0) is 36.3 Å². The van der Waals surface area contributed by atoms with Crippen LogP contribution in [0.4, 0.5) is 0 Å². The van der Waals surface area contributed by atoms with Gasteiger partial charge >= 0.3 is 0 Å². The molecule has 1 aromatic carbocycles. The van der Waals surface area contributed by atoms with E-state index in [9.17, 15) is 0 Å². The molecule has 2 nitrogen and oxygen atoms in total. The predicted molar refractivity (Wildman–Crippen MR) is 70.2 cm³/mol. The zero-order valence-corrected chi connectivity index (χ0v) is 10.6. The summed E-state index contributed by atoms with van der Waals surface area (Å²) in [5.74, 6) is 3.52. The standard InChI is InChI=1S/C13H19NOS/c1-15-13-6-4-11(5-7-13)9-14-12-3-2-8-16-10-12/h4-7,12,14H,2-3,8-10H2,1H3. The molecule has 0 aliphatic carbocycles. The van der Waals surface area contributed by atoms with Crippen LogP contribution >= 0.6 is 11.8 Å². The fourth-order valence-corrected chi connectivity index (χ4v) is 3.01. The molecule has 0 bridgehead atoms. The minimum atomic E-state index is 0.695. The van der Waals surface area contributed by atoms with Gasteiger partial charge in [-0.2, -0.15) is 11.8 Å². The van der Waals surface area contributed by atoms with E-state index in [-0.39, 0.29) is 0 Å². The van der Waals surface area contributed by atoms with Crippen molar-refractivity contribution in [2.24, 2.45) is 0 Å². The molecular weight excluding hydrogens is 218 g/mol. The van der Waals surface area contributed by atoms with Gasteiger partial charge in [0.25, 0.3) is 0 Å². The van der Waals surface area contributed by atoms with E-state index in [1.165, 1.54) is 29.9 Å². The fourth-order valence-electron chi connectivity index (χ4n) is 1.91. The van der Waals surface area contributed by atoms with Crippen LogP contribution in [0.2, 0.25) is 0 Å². The molecule has 0 spiro atoms. The number of hydrogen-bond acceptors (Lipinski definition) is 3. The third kappa shape index (κ3) is 3.42. The summed E-state index contributed by atoms with van der Waals surface area (Å²) in [5.41, 5.74) is 1.33. The Labute approximate surface area is 102 Å². The van der Waals surface area contributed by atoms with Crippen molar-refractivity contribution in [3.05, 3.63) is 29.8 Å². The lowest BCUT2D eigenvalue weighted by Crippen LogP contribution is -2.33. The molecule has 88 valence electrons. The molecule has 1 aromatic rings. The summed E-state index contributed by atoms with van der Waals surface area (Å²) in [6.45, 7) is 0.967. The summed E-state index contributed by atoms with van der Waals surface area (Å²) in [4.78, 5) is 0. The van der Waals surface area contributed by atoms with Crippen LogP contribution in [0.1, 0.15) is 18.4 Å². The Hall–Kier alpha value is -0.670. The summed E-state index contributed by atoms with van der Waals surface area (Å²) in [6, 6.07) is 8.99. The van der Waals surface area contributed by atoms with Crippen molar-refractivity contribution in [1.82, 2.24) is 5.32 Å². The number of thioether (sulfide) groups is 1. The zero-order chi connectivity index (χ0) is 11.2. The normalized spacial score (nSPS) is 20.7. The van der Waals surface area contributed by atoms with Gasteiger partial charge in [-0.15, -0.1) is 0 Å². The molecule has 0 radical (unpaired) electrons. The highest BCUT2D eigenvalue weighted by Crippen LogP contribution is 2.17. The van der Waals surface area contributed by atoms with Crippen molar-refractivity contribution in [3.8, 4) is 5.75 Å². The van der Waals surface area contributed by atoms with Crippen molar-refractivity contribution in [2.45, 2.75) is 25.4 Å². The number of rotatable bonds is 4. The molecule has 2 rings (SSSR count). The van der Waals surface area contributed by atoms with Crippen LogP contribution in [0.5, 0.6) is 5.75 Å². The fraction of sp³-hybridized carbons (Fsp3) is 0.538. The highest BCUT2D eigenvalue weighted by atomic mass is 32.2. The Morgan fingerprint density at radius 3 is 2.81 bits per heavy atom. The van der Waals surface area contributed by atoms with E-state index in [2.05, 4.69) is 29.2 Å². The summed E-state index contributed by atoms with van der Waals surface area (Å²) >= 11 is 2.06. The number of ether oxygens (including phenoxy) is 1. The van der Waals surface area contributed by atoms with Crippen LogP contribution in [-0.4, -0.2) is 24.7 Å². The van der Waals surface area contributed by atoms with Crippen molar-refractivity contribution < 1.29 is 4.74 Å². The monoisotopic (exact) mass is 237 g/mol. The topological polar surface area (TPSA) is 21.3 Å². The van der Waals surface area contributed by atoms with Crippen molar-refractivity contribution in [1.29, 1.82) is 0 Å². The minimum Gasteiger partial charge on any atom is -0.497 e. The van der Waals surface area contributed by atoms with Crippen LogP contribution in [0.3, 0.4) is 0 Å². The second kappa shape index (κ2) is 6.16. The van der Waals surface area contributed by atoms with Gasteiger partial charge in [-0.1, -0.05) is 12.1 Å².